The van der Waals surface area contributed by atoms with Crippen LogP contribution in [0.5, 0.6) is 0 Å². The summed E-state index contributed by atoms with van der Waals surface area (Å²) in [5.74, 6) is 0. The van der Waals surface area contributed by atoms with Gasteiger partial charge in [-0.25, -0.2) is 4.98 Å². The molecule has 2 aromatic heterocycles. The summed E-state index contributed by atoms with van der Waals surface area (Å²) in [5.41, 5.74) is 7.36. The Morgan fingerprint density at radius 2 is 2.27 bits per heavy atom. The van der Waals surface area contributed by atoms with Gasteiger partial charge in [-0.2, -0.15) is 5.26 Å². The van der Waals surface area contributed by atoms with Crippen LogP contribution in [0.4, 0.5) is 5.69 Å². The fraction of sp³-hybridized carbons (Fsp3) is 0. The second-order valence-corrected chi connectivity index (χ2v) is 6.62. The van der Waals surface area contributed by atoms with Gasteiger partial charge >= 0.3 is 0 Å². The number of nitriles is 1. The predicted octanol–water partition coefficient (Wildman–Crippen LogP) is 4.06. The lowest BCUT2D eigenvalue weighted by Crippen LogP contribution is -1.93. The van der Waals surface area contributed by atoms with Gasteiger partial charge in [0.2, 0.25) is 0 Å². The van der Waals surface area contributed by atoms with E-state index < -0.39 is 0 Å². The molecule has 0 aromatic carbocycles. The van der Waals surface area contributed by atoms with E-state index in [0.29, 0.717) is 22.1 Å². The van der Waals surface area contributed by atoms with Crippen molar-refractivity contribution >= 4 is 63.8 Å². The number of thioether (sulfide) groups is 2. The number of nitrogens with zero attached hydrogens (tertiary/aromatic N) is 4. The van der Waals surface area contributed by atoms with Crippen LogP contribution in [0.1, 0.15) is 5.69 Å². The number of rotatable bonds is 2. The average Bonchev–Trinajstić information content (AvgIpc) is 3.12. The lowest BCUT2D eigenvalue weighted by molar-refractivity contribution is 1.10. The molecule has 0 saturated carbocycles. The zero-order chi connectivity index (χ0) is 14.8. The Kier molecular flexibility index (Phi) is 5.42. The summed E-state index contributed by atoms with van der Waals surface area (Å²) in [4.78, 5) is 9.11. The minimum absolute atomic E-state index is 0. The number of imidazole rings is 1. The molecule has 2 aromatic rings. The van der Waals surface area contributed by atoms with Crippen molar-refractivity contribution in [2.45, 2.75) is 0 Å². The van der Waals surface area contributed by atoms with E-state index in [1.54, 1.807) is 35.6 Å². The molecule has 0 atom stereocenters. The molecule has 0 fully saturated rings. The Hall–Kier alpha value is -1.59. The quantitative estimate of drug-likeness (QED) is 0.803. The van der Waals surface area contributed by atoms with Crippen LogP contribution < -0.4 is 5.73 Å². The monoisotopic (exact) mass is 369 g/mol. The SMILES string of the molecule is Cl.N#C/C(=C1/SC=C(c2ncc(N)cc2Cl)S1)n1ccnc1. The Morgan fingerprint density at radius 1 is 1.45 bits per heavy atom. The largest absolute Gasteiger partial charge is 0.397 e. The highest BCUT2D eigenvalue weighted by molar-refractivity contribution is 8.31. The van der Waals surface area contributed by atoms with Crippen molar-refractivity contribution in [2.24, 2.45) is 0 Å². The molecular weight excluding hydrogens is 361 g/mol. The van der Waals surface area contributed by atoms with Gasteiger partial charge in [-0.3, -0.25) is 9.55 Å². The number of anilines is 1. The highest BCUT2D eigenvalue weighted by atomic mass is 35.5. The van der Waals surface area contributed by atoms with Crippen LogP contribution in [-0.2, 0) is 0 Å². The Labute approximate surface area is 146 Å². The van der Waals surface area contributed by atoms with Crippen LogP contribution >= 0.6 is 47.5 Å². The van der Waals surface area contributed by atoms with Gasteiger partial charge in [0.25, 0.3) is 0 Å². The van der Waals surface area contributed by atoms with Crippen LogP contribution in [0.2, 0.25) is 5.02 Å². The van der Waals surface area contributed by atoms with Crippen LogP contribution in [0.3, 0.4) is 0 Å². The van der Waals surface area contributed by atoms with Gasteiger partial charge in [0.05, 0.1) is 33.2 Å². The smallest absolute Gasteiger partial charge is 0.146 e. The second-order valence-electron chi connectivity index (χ2n) is 4.02. The molecule has 0 spiro atoms. The highest BCUT2D eigenvalue weighted by Crippen LogP contribution is 2.51. The maximum atomic E-state index is 9.34. The van der Waals surface area contributed by atoms with Crippen molar-refractivity contribution in [3.05, 3.63) is 51.3 Å². The summed E-state index contributed by atoms with van der Waals surface area (Å²) in [6.07, 6.45) is 6.53. The van der Waals surface area contributed by atoms with Crippen LogP contribution in [0.25, 0.3) is 10.6 Å². The molecular formula is C13H9Cl2N5S2. The van der Waals surface area contributed by atoms with Gasteiger partial charge < -0.3 is 5.73 Å². The highest BCUT2D eigenvalue weighted by Gasteiger charge is 2.21. The van der Waals surface area contributed by atoms with Crippen molar-refractivity contribution in [3.63, 3.8) is 0 Å². The van der Waals surface area contributed by atoms with Crippen molar-refractivity contribution in [2.75, 3.05) is 5.73 Å². The minimum Gasteiger partial charge on any atom is -0.397 e. The van der Waals surface area contributed by atoms with Gasteiger partial charge in [0.1, 0.15) is 11.8 Å². The van der Waals surface area contributed by atoms with Gasteiger partial charge in [-0.05, 0) is 11.5 Å². The summed E-state index contributed by atoms with van der Waals surface area (Å²) in [6.45, 7) is 0. The number of aromatic nitrogens is 3. The number of hydrogen-bond donors (Lipinski definition) is 1. The number of halogens is 2. The molecule has 1 aliphatic rings. The zero-order valence-electron chi connectivity index (χ0n) is 10.9. The number of hydrogen-bond acceptors (Lipinski definition) is 6. The Balaban J connectivity index is 0.00000176. The Bertz CT molecular complexity index is 793. The molecule has 112 valence electrons. The van der Waals surface area contributed by atoms with Gasteiger partial charge in [0.15, 0.2) is 0 Å². The van der Waals surface area contributed by atoms with Gasteiger partial charge in [-0.15, -0.1) is 12.4 Å². The third-order valence-electron chi connectivity index (χ3n) is 2.63. The molecule has 0 unspecified atom stereocenters. The Morgan fingerprint density at radius 3 is 2.91 bits per heavy atom. The molecule has 2 N–H and O–H groups in total. The zero-order valence-corrected chi connectivity index (χ0v) is 14.1. The molecule has 3 rings (SSSR count). The third kappa shape index (κ3) is 3.25. The predicted molar refractivity (Wildman–Crippen MR) is 95.1 cm³/mol. The molecule has 3 heterocycles. The molecule has 9 heteroatoms. The topological polar surface area (TPSA) is 80.5 Å². The van der Waals surface area contributed by atoms with E-state index in [-0.39, 0.29) is 12.4 Å². The standard InChI is InChI=1S/C13H8ClN5S2.ClH/c14-9-3-8(16)5-18-12(9)11-6-20-13(21-11)10(4-15)19-2-1-17-7-19;/h1-3,5-7H,16H2;1H/b13-10+;. The molecule has 0 aliphatic carbocycles. The summed E-state index contributed by atoms with van der Waals surface area (Å²) in [6, 6.07) is 3.86. The first-order chi connectivity index (χ1) is 10.2. The van der Waals surface area contributed by atoms with Crippen molar-refractivity contribution in [1.82, 2.24) is 14.5 Å². The summed E-state index contributed by atoms with van der Waals surface area (Å²) in [5, 5.41) is 11.8. The molecule has 0 amide bonds. The van der Waals surface area contributed by atoms with Gasteiger partial charge in [0, 0.05) is 17.3 Å². The van der Waals surface area contributed by atoms with E-state index in [2.05, 4.69) is 16.0 Å². The number of nitrogen functional groups attached to an aromatic ring is 1. The van der Waals surface area contributed by atoms with Crippen molar-refractivity contribution in [3.8, 4) is 6.07 Å². The number of pyridine rings is 1. The number of allylic oxidation sites excluding steroid dienone is 1. The first-order valence-corrected chi connectivity index (χ1v) is 7.85. The first kappa shape index (κ1) is 16.8. The molecule has 22 heavy (non-hydrogen) atoms. The van der Waals surface area contributed by atoms with Gasteiger partial charge in [-0.1, -0.05) is 35.1 Å². The van der Waals surface area contributed by atoms with E-state index in [4.69, 9.17) is 17.3 Å². The lowest BCUT2D eigenvalue weighted by Gasteiger charge is -2.05. The lowest BCUT2D eigenvalue weighted by atomic mass is 10.3. The fourth-order valence-corrected chi connectivity index (χ4v) is 4.27. The van der Waals surface area contributed by atoms with E-state index in [1.165, 1.54) is 23.5 Å². The summed E-state index contributed by atoms with van der Waals surface area (Å²) >= 11 is 9.10. The molecule has 1 aliphatic heterocycles. The van der Waals surface area contributed by atoms with E-state index >= 15 is 0 Å². The minimum atomic E-state index is 0. The summed E-state index contributed by atoms with van der Waals surface area (Å²) < 4.78 is 2.55. The maximum absolute atomic E-state index is 9.34. The second kappa shape index (κ2) is 7.11. The molecule has 0 bridgehead atoms. The van der Waals surface area contributed by atoms with E-state index in [1.807, 2.05) is 5.41 Å². The first-order valence-electron chi connectivity index (χ1n) is 5.78. The molecule has 0 radical (unpaired) electrons. The normalized spacial score (nSPS) is 15.7. The molecule has 5 nitrogen and oxygen atoms in total. The van der Waals surface area contributed by atoms with E-state index in [9.17, 15) is 5.26 Å². The van der Waals surface area contributed by atoms with Crippen LogP contribution in [0, 0.1) is 11.3 Å². The fourth-order valence-electron chi connectivity index (χ4n) is 1.70. The van der Waals surface area contributed by atoms with Crippen molar-refractivity contribution < 1.29 is 0 Å². The molecule has 0 saturated heterocycles. The third-order valence-corrected chi connectivity index (χ3v) is 5.28. The van der Waals surface area contributed by atoms with Crippen LogP contribution in [0.15, 0.2) is 40.6 Å². The number of nitrogens with two attached hydrogens (primary N) is 1. The summed E-state index contributed by atoms with van der Waals surface area (Å²) in [7, 11) is 0. The maximum Gasteiger partial charge on any atom is 0.146 e. The average molecular weight is 370 g/mol. The van der Waals surface area contributed by atoms with Crippen LogP contribution in [-0.4, -0.2) is 14.5 Å². The van der Waals surface area contributed by atoms with E-state index in [0.717, 1.165) is 9.14 Å². The van der Waals surface area contributed by atoms with Crippen molar-refractivity contribution in [1.29, 1.82) is 5.26 Å².